The molecule has 0 saturated heterocycles. The Morgan fingerprint density at radius 2 is 2.00 bits per heavy atom. The number of aryl methyl sites for hydroxylation is 1. The van der Waals surface area contributed by atoms with E-state index in [9.17, 15) is 4.79 Å². The predicted molar refractivity (Wildman–Crippen MR) is 35.7 cm³/mol. The Bertz CT molecular complexity index is 260. The van der Waals surface area contributed by atoms with Gasteiger partial charge >= 0.3 is 0 Å². The van der Waals surface area contributed by atoms with Crippen LogP contribution >= 0.6 is 0 Å². The number of rotatable bonds is 0. The number of fused-ring (bicyclic) bond motifs is 1. The predicted octanol–water partition coefficient (Wildman–Crippen LogP) is 1.34. The van der Waals surface area contributed by atoms with Crippen LogP contribution in [0.1, 0.15) is 17.5 Å². The quantitative estimate of drug-likeness (QED) is 0.538. The standard InChI is InChI=1S/C8H8O2/c9-8-2-1-6-4-10-5-7(6)3-8/h4-5H,1-3H2. The molecule has 0 aromatic carbocycles. The molecule has 0 radical (unpaired) electrons. The van der Waals surface area contributed by atoms with Gasteiger partial charge < -0.3 is 4.42 Å². The summed E-state index contributed by atoms with van der Waals surface area (Å²) in [5.41, 5.74) is 2.29. The highest BCUT2D eigenvalue weighted by atomic mass is 16.3. The lowest BCUT2D eigenvalue weighted by atomic mass is 9.95. The largest absolute Gasteiger partial charge is 0.472 e. The highest BCUT2D eigenvalue weighted by Gasteiger charge is 2.16. The van der Waals surface area contributed by atoms with Crippen LogP contribution in [0.5, 0.6) is 0 Å². The molecule has 0 bridgehead atoms. The SMILES string of the molecule is O=C1CCc2cocc2C1. The van der Waals surface area contributed by atoms with Gasteiger partial charge in [0.1, 0.15) is 5.78 Å². The van der Waals surface area contributed by atoms with Crippen LogP contribution in [0, 0.1) is 0 Å². The second kappa shape index (κ2) is 1.97. The lowest BCUT2D eigenvalue weighted by Crippen LogP contribution is -2.10. The lowest BCUT2D eigenvalue weighted by molar-refractivity contribution is -0.118. The van der Waals surface area contributed by atoms with Crippen molar-refractivity contribution < 1.29 is 9.21 Å². The van der Waals surface area contributed by atoms with E-state index in [1.54, 1.807) is 12.5 Å². The molecule has 0 fully saturated rings. The highest BCUT2D eigenvalue weighted by molar-refractivity contribution is 5.82. The van der Waals surface area contributed by atoms with Crippen molar-refractivity contribution in [2.45, 2.75) is 19.3 Å². The van der Waals surface area contributed by atoms with Gasteiger partial charge in [0.05, 0.1) is 12.5 Å². The Morgan fingerprint density at radius 3 is 2.90 bits per heavy atom. The number of carbonyl (C=O) groups excluding carboxylic acids is 1. The average Bonchev–Trinajstić information content (AvgIpc) is 2.33. The van der Waals surface area contributed by atoms with Crippen LogP contribution < -0.4 is 0 Å². The smallest absolute Gasteiger partial charge is 0.137 e. The van der Waals surface area contributed by atoms with E-state index in [0.717, 1.165) is 12.0 Å². The van der Waals surface area contributed by atoms with Crippen LogP contribution in [0.3, 0.4) is 0 Å². The van der Waals surface area contributed by atoms with Gasteiger partial charge in [0, 0.05) is 18.4 Å². The molecule has 0 saturated carbocycles. The van der Waals surface area contributed by atoms with Gasteiger partial charge in [0.25, 0.3) is 0 Å². The van der Waals surface area contributed by atoms with Crippen LogP contribution in [-0.4, -0.2) is 5.78 Å². The monoisotopic (exact) mass is 136 g/mol. The summed E-state index contributed by atoms with van der Waals surface area (Å²) in [5.74, 6) is 0.328. The van der Waals surface area contributed by atoms with Crippen molar-refractivity contribution in [2.75, 3.05) is 0 Å². The van der Waals surface area contributed by atoms with Crippen molar-refractivity contribution in [3.8, 4) is 0 Å². The fourth-order valence-electron chi connectivity index (χ4n) is 1.30. The zero-order chi connectivity index (χ0) is 6.97. The van der Waals surface area contributed by atoms with Gasteiger partial charge in [-0.25, -0.2) is 0 Å². The van der Waals surface area contributed by atoms with Crippen molar-refractivity contribution in [3.05, 3.63) is 23.7 Å². The molecule has 2 nitrogen and oxygen atoms in total. The second-order valence-electron chi connectivity index (χ2n) is 2.64. The maximum Gasteiger partial charge on any atom is 0.137 e. The molecule has 52 valence electrons. The van der Waals surface area contributed by atoms with E-state index in [2.05, 4.69) is 0 Å². The summed E-state index contributed by atoms with van der Waals surface area (Å²) >= 11 is 0. The summed E-state index contributed by atoms with van der Waals surface area (Å²) in [7, 11) is 0. The van der Waals surface area contributed by atoms with Crippen LogP contribution in [0.4, 0.5) is 0 Å². The van der Waals surface area contributed by atoms with E-state index in [4.69, 9.17) is 4.42 Å². The first-order valence-corrected chi connectivity index (χ1v) is 3.42. The Hall–Kier alpha value is -1.05. The van der Waals surface area contributed by atoms with Crippen LogP contribution in [0.15, 0.2) is 16.9 Å². The Morgan fingerprint density at radius 1 is 1.20 bits per heavy atom. The van der Waals surface area contributed by atoms with Gasteiger partial charge in [-0.1, -0.05) is 0 Å². The molecule has 0 N–H and O–H groups in total. The number of hydrogen-bond acceptors (Lipinski definition) is 2. The second-order valence-corrected chi connectivity index (χ2v) is 2.64. The number of Topliss-reactive ketones (excluding diaryl/α,β-unsaturated/α-hetero) is 1. The van der Waals surface area contributed by atoms with Crippen molar-refractivity contribution in [2.24, 2.45) is 0 Å². The highest BCUT2D eigenvalue weighted by Crippen LogP contribution is 2.19. The summed E-state index contributed by atoms with van der Waals surface area (Å²) in [6.07, 6.45) is 5.54. The van der Waals surface area contributed by atoms with Crippen LogP contribution in [-0.2, 0) is 17.6 Å². The molecule has 0 unspecified atom stereocenters. The maximum atomic E-state index is 10.9. The molecule has 1 aliphatic rings. The molecule has 0 aliphatic heterocycles. The van der Waals surface area contributed by atoms with Gasteiger partial charge in [-0.15, -0.1) is 0 Å². The van der Waals surface area contributed by atoms with Gasteiger partial charge in [-0.05, 0) is 12.0 Å². The fourth-order valence-corrected chi connectivity index (χ4v) is 1.30. The molecular formula is C8H8O2. The van der Waals surface area contributed by atoms with E-state index in [1.165, 1.54) is 5.56 Å². The van der Waals surface area contributed by atoms with E-state index in [-0.39, 0.29) is 0 Å². The summed E-state index contributed by atoms with van der Waals surface area (Å²) in [6.45, 7) is 0. The van der Waals surface area contributed by atoms with Crippen molar-refractivity contribution in [3.63, 3.8) is 0 Å². The third-order valence-corrected chi connectivity index (χ3v) is 1.89. The molecule has 10 heavy (non-hydrogen) atoms. The first kappa shape index (κ1) is 5.71. The van der Waals surface area contributed by atoms with E-state index in [0.29, 0.717) is 18.6 Å². The molecule has 0 atom stereocenters. The zero-order valence-corrected chi connectivity index (χ0v) is 5.59. The molecule has 1 aromatic rings. The van der Waals surface area contributed by atoms with Gasteiger partial charge in [-0.2, -0.15) is 0 Å². The maximum absolute atomic E-state index is 10.9. The first-order chi connectivity index (χ1) is 4.86. The minimum Gasteiger partial charge on any atom is -0.472 e. The van der Waals surface area contributed by atoms with Crippen LogP contribution in [0.2, 0.25) is 0 Å². The summed E-state index contributed by atoms with van der Waals surface area (Å²) < 4.78 is 4.96. The minimum atomic E-state index is 0.328. The fraction of sp³-hybridized carbons (Fsp3) is 0.375. The van der Waals surface area contributed by atoms with E-state index < -0.39 is 0 Å². The Labute approximate surface area is 58.8 Å². The van der Waals surface area contributed by atoms with Gasteiger partial charge in [-0.3, -0.25) is 4.79 Å². The number of hydrogen-bond donors (Lipinski definition) is 0. The lowest BCUT2D eigenvalue weighted by Gasteiger charge is -2.06. The third-order valence-electron chi connectivity index (χ3n) is 1.89. The normalized spacial score (nSPS) is 17.0. The van der Waals surface area contributed by atoms with Crippen molar-refractivity contribution >= 4 is 5.78 Å². The van der Waals surface area contributed by atoms with Gasteiger partial charge in [0.15, 0.2) is 0 Å². The van der Waals surface area contributed by atoms with Crippen LogP contribution in [0.25, 0.3) is 0 Å². The minimum absolute atomic E-state index is 0.328. The topological polar surface area (TPSA) is 30.2 Å². The molecule has 0 spiro atoms. The van der Waals surface area contributed by atoms with Crippen molar-refractivity contribution in [1.29, 1.82) is 0 Å². The summed E-state index contributed by atoms with van der Waals surface area (Å²) in [5, 5.41) is 0. The first-order valence-electron chi connectivity index (χ1n) is 3.42. The number of carbonyl (C=O) groups is 1. The molecule has 1 aromatic heterocycles. The van der Waals surface area contributed by atoms with Crippen molar-refractivity contribution in [1.82, 2.24) is 0 Å². The zero-order valence-electron chi connectivity index (χ0n) is 5.59. The van der Waals surface area contributed by atoms with E-state index >= 15 is 0 Å². The molecule has 1 aliphatic carbocycles. The summed E-state index contributed by atoms with van der Waals surface area (Å²) in [6, 6.07) is 0. The molecule has 0 amide bonds. The Kier molecular flexibility index (Phi) is 1.13. The number of ketones is 1. The molecule has 1 heterocycles. The summed E-state index contributed by atoms with van der Waals surface area (Å²) in [4.78, 5) is 10.9. The number of furan rings is 1. The molecular weight excluding hydrogens is 128 g/mol. The average molecular weight is 136 g/mol. The molecule has 2 heteroatoms. The molecule has 2 rings (SSSR count). The van der Waals surface area contributed by atoms with E-state index in [1.807, 2.05) is 0 Å². The van der Waals surface area contributed by atoms with Gasteiger partial charge in [0.2, 0.25) is 0 Å². The third kappa shape index (κ3) is 0.764. The Balaban J connectivity index is 2.39.